The molecule has 0 saturated carbocycles. The largest absolute Gasteiger partial charge is 0.480 e. The van der Waals surface area contributed by atoms with Crippen molar-refractivity contribution in [3.05, 3.63) is 0 Å². The summed E-state index contributed by atoms with van der Waals surface area (Å²) < 4.78 is 5.06. The molecule has 0 aliphatic rings. The second-order valence-corrected chi connectivity index (χ2v) is 3.61. The zero-order valence-electron chi connectivity index (χ0n) is 9.45. The Hall–Kier alpha value is -1.10. The summed E-state index contributed by atoms with van der Waals surface area (Å²) in [5.41, 5.74) is 0. The van der Waals surface area contributed by atoms with Crippen molar-refractivity contribution in [2.75, 3.05) is 6.61 Å². The topological polar surface area (TPSA) is 75.6 Å². The molecule has 1 atom stereocenters. The first-order valence-electron chi connectivity index (χ1n) is 5.11. The Bertz CT molecular complexity index is 215. The summed E-state index contributed by atoms with van der Waals surface area (Å²) in [6.45, 7) is 5.40. The predicted molar refractivity (Wildman–Crippen MR) is 55.6 cm³/mol. The van der Waals surface area contributed by atoms with Gasteiger partial charge in [0.25, 0.3) is 0 Å². The molecule has 88 valence electrons. The van der Waals surface area contributed by atoms with Gasteiger partial charge in [0.15, 0.2) is 0 Å². The van der Waals surface area contributed by atoms with Gasteiger partial charge in [0.05, 0.1) is 6.10 Å². The molecule has 0 spiro atoms. The smallest absolute Gasteiger partial charge is 0.326 e. The van der Waals surface area contributed by atoms with E-state index >= 15 is 0 Å². The van der Waals surface area contributed by atoms with Gasteiger partial charge >= 0.3 is 5.97 Å². The third-order valence-corrected chi connectivity index (χ3v) is 1.76. The number of amides is 1. The number of hydrogen-bond acceptors (Lipinski definition) is 3. The zero-order chi connectivity index (χ0) is 11.8. The van der Waals surface area contributed by atoms with Gasteiger partial charge < -0.3 is 15.2 Å². The highest BCUT2D eigenvalue weighted by atomic mass is 16.5. The van der Waals surface area contributed by atoms with E-state index in [1.807, 2.05) is 20.8 Å². The van der Waals surface area contributed by atoms with Crippen molar-refractivity contribution in [1.29, 1.82) is 0 Å². The number of nitrogens with one attached hydrogen (secondary N) is 1. The molecule has 0 bridgehead atoms. The lowest BCUT2D eigenvalue weighted by molar-refractivity contribution is -0.143. The maximum absolute atomic E-state index is 11.2. The van der Waals surface area contributed by atoms with E-state index in [1.54, 1.807) is 0 Å². The molecule has 0 heterocycles. The maximum Gasteiger partial charge on any atom is 0.326 e. The van der Waals surface area contributed by atoms with Crippen LogP contribution < -0.4 is 5.32 Å². The summed E-state index contributed by atoms with van der Waals surface area (Å²) in [7, 11) is 0. The average molecular weight is 217 g/mol. The lowest BCUT2D eigenvalue weighted by atomic mass is 10.2. The molecule has 5 nitrogen and oxygen atoms in total. The van der Waals surface area contributed by atoms with E-state index in [0.29, 0.717) is 12.8 Å². The molecule has 0 aromatic rings. The highest BCUT2D eigenvalue weighted by Crippen LogP contribution is 1.97. The number of carbonyl (C=O) groups excluding carboxylic acids is 1. The molecule has 0 radical (unpaired) electrons. The molecule has 0 rings (SSSR count). The van der Waals surface area contributed by atoms with Crippen LogP contribution >= 0.6 is 0 Å². The van der Waals surface area contributed by atoms with Crippen molar-refractivity contribution >= 4 is 11.9 Å². The molecule has 0 aromatic carbocycles. The lowest BCUT2D eigenvalue weighted by Gasteiger charge is -2.14. The molecule has 0 aliphatic heterocycles. The summed E-state index contributed by atoms with van der Waals surface area (Å²) in [6.07, 6.45) is 1.11. The third kappa shape index (κ3) is 6.90. The van der Waals surface area contributed by atoms with E-state index < -0.39 is 12.0 Å². The van der Waals surface area contributed by atoms with Crippen molar-refractivity contribution in [3.8, 4) is 0 Å². The monoisotopic (exact) mass is 217 g/mol. The summed E-state index contributed by atoms with van der Waals surface area (Å²) in [5, 5.41) is 11.2. The van der Waals surface area contributed by atoms with Gasteiger partial charge in [-0.1, -0.05) is 13.3 Å². The molecule has 0 fully saturated rings. The number of aliphatic carboxylic acids is 1. The van der Waals surface area contributed by atoms with Gasteiger partial charge in [0.2, 0.25) is 5.91 Å². The molecule has 1 amide bonds. The van der Waals surface area contributed by atoms with Crippen molar-refractivity contribution in [2.24, 2.45) is 0 Å². The number of carboxylic acid groups (broad SMARTS) is 1. The van der Waals surface area contributed by atoms with Crippen LogP contribution in [0.4, 0.5) is 0 Å². The van der Waals surface area contributed by atoms with Gasteiger partial charge in [0, 0.05) is 0 Å². The molecule has 0 saturated heterocycles. The van der Waals surface area contributed by atoms with Crippen molar-refractivity contribution in [2.45, 2.75) is 45.8 Å². The van der Waals surface area contributed by atoms with Crippen molar-refractivity contribution < 1.29 is 19.4 Å². The van der Waals surface area contributed by atoms with E-state index in [0.717, 1.165) is 0 Å². The summed E-state index contributed by atoms with van der Waals surface area (Å²) in [5.74, 6) is -1.39. The molecular weight excluding hydrogens is 198 g/mol. The molecule has 5 heteroatoms. The van der Waals surface area contributed by atoms with E-state index in [1.165, 1.54) is 0 Å². The number of carbonyl (C=O) groups is 2. The highest BCUT2D eigenvalue weighted by Gasteiger charge is 2.18. The highest BCUT2D eigenvalue weighted by molar-refractivity contribution is 5.84. The molecule has 15 heavy (non-hydrogen) atoms. The van der Waals surface area contributed by atoms with Crippen LogP contribution in [0, 0.1) is 0 Å². The van der Waals surface area contributed by atoms with E-state index in [9.17, 15) is 9.59 Å². The Morgan fingerprint density at radius 1 is 1.40 bits per heavy atom. The molecule has 0 aliphatic carbocycles. The van der Waals surface area contributed by atoms with Crippen LogP contribution in [0.3, 0.4) is 0 Å². The van der Waals surface area contributed by atoms with Crippen LogP contribution in [0.5, 0.6) is 0 Å². The van der Waals surface area contributed by atoms with Gasteiger partial charge in [0.1, 0.15) is 12.6 Å². The summed E-state index contributed by atoms with van der Waals surface area (Å²) in [6, 6.07) is -0.807. The fraction of sp³-hybridized carbons (Fsp3) is 0.800. The number of hydrogen-bond donors (Lipinski definition) is 2. The normalized spacial score (nSPS) is 12.5. The van der Waals surface area contributed by atoms with E-state index in [-0.39, 0.29) is 18.6 Å². The standard InChI is InChI=1S/C10H19NO4/c1-4-5-8(10(13)14)11-9(12)6-15-7(2)3/h7-8H,4-6H2,1-3H3,(H,11,12)(H,13,14). The van der Waals surface area contributed by atoms with Gasteiger partial charge in [-0.05, 0) is 20.3 Å². The predicted octanol–water partition coefficient (Wildman–Crippen LogP) is 0.781. The Morgan fingerprint density at radius 2 is 2.00 bits per heavy atom. The molecular formula is C10H19NO4. The number of ether oxygens (including phenoxy) is 1. The Labute approximate surface area is 89.8 Å². The average Bonchev–Trinajstić information content (AvgIpc) is 2.14. The summed E-state index contributed by atoms with van der Waals surface area (Å²) >= 11 is 0. The van der Waals surface area contributed by atoms with E-state index in [2.05, 4.69) is 5.32 Å². The molecule has 0 aromatic heterocycles. The van der Waals surface area contributed by atoms with Crippen LogP contribution in [0.15, 0.2) is 0 Å². The van der Waals surface area contributed by atoms with Gasteiger partial charge in [-0.2, -0.15) is 0 Å². The summed E-state index contributed by atoms with van der Waals surface area (Å²) in [4.78, 5) is 21.9. The van der Waals surface area contributed by atoms with Crippen LogP contribution in [0.25, 0.3) is 0 Å². The Morgan fingerprint density at radius 3 is 2.40 bits per heavy atom. The van der Waals surface area contributed by atoms with Gasteiger partial charge in [-0.25, -0.2) is 4.79 Å². The van der Waals surface area contributed by atoms with Crippen LogP contribution in [0.1, 0.15) is 33.6 Å². The SMILES string of the molecule is CCCC(NC(=O)COC(C)C)C(=O)O. The zero-order valence-corrected chi connectivity index (χ0v) is 9.45. The van der Waals surface area contributed by atoms with Crippen LogP contribution in [-0.2, 0) is 14.3 Å². The van der Waals surface area contributed by atoms with Gasteiger partial charge in [-0.15, -0.1) is 0 Å². The first kappa shape index (κ1) is 13.9. The minimum absolute atomic E-state index is 0.0368. The lowest BCUT2D eigenvalue weighted by Crippen LogP contribution is -2.42. The number of rotatable bonds is 7. The van der Waals surface area contributed by atoms with E-state index in [4.69, 9.17) is 9.84 Å². The van der Waals surface area contributed by atoms with Gasteiger partial charge in [-0.3, -0.25) is 4.79 Å². The fourth-order valence-electron chi connectivity index (χ4n) is 1.02. The van der Waals surface area contributed by atoms with Crippen molar-refractivity contribution in [1.82, 2.24) is 5.32 Å². The first-order valence-corrected chi connectivity index (χ1v) is 5.11. The van der Waals surface area contributed by atoms with Crippen LogP contribution in [0.2, 0.25) is 0 Å². The second-order valence-electron chi connectivity index (χ2n) is 3.61. The quantitative estimate of drug-likeness (QED) is 0.660. The fourth-order valence-corrected chi connectivity index (χ4v) is 1.02. The molecule has 1 unspecified atom stereocenters. The Kier molecular flexibility index (Phi) is 6.70. The first-order chi connectivity index (χ1) is 6.97. The molecule has 2 N–H and O–H groups in total. The second kappa shape index (κ2) is 7.23. The van der Waals surface area contributed by atoms with Crippen molar-refractivity contribution in [3.63, 3.8) is 0 Å². The number of carboxylic acids is 1. The third-order valence-electron chi connectivity index (χ3n) is 1.76. The minimum Gasteiger partial charge on any atom is -0.480 e. The van der Waals surface area contributed by atoms with Crippen LogP contribution in [-0.4, -0.2) is 35.7 Å². The maximum atomic E-state index is 11.2. The Balaban J connectivity index is 3.94. The minimum atomic E-state index is -1.00.